The molecule has 4 fully saturated rings. The summed E-state index contributed by atoms with van der Waals surface area (Å²) >= 11 is 0. The van der Waals surface area contributed by atoms with Crippen LogP contribution in [0.4, 0.5) is 0 Å². The van der Waals surface area contributed by atoms with Gasteiger partial charge < -0.3 is 25.5 Å². The molecule has 0 amide bonds. The lowest BCUT2D eigenvalue weighted by molar-refractivity contribution is -0.155. The number of aliphatic hydroxyl groups excluding tert-OH is 4. The van der Waals surface area contributed by atoms with Gasteiger partial charge in [-0.1, -0.05) is 13.8 Å². The van der Waals surface area contributed by atoms with Crippen LogP contribution in [-0.4, -0.2) is 85.9 Å². The first-order chi connectivity index (χ1) is 15.0. The predicted octanol–water partition coefficient (Wildman–Crippen LogP) is 0.618. The van der Waals surface area contributed by atoms with Gasteiger partial charge in [-0.2, -0.15) is 0 Å². The van der Waals surface area contributed by atoms with Crippen LogP contribution in [0.3, 0.4) is 0 Å². The molecule has 0 radical (unpaired) electrons. The fourth-order valence-electron chi connectivity index (χ4n) is 8.40. The lowest BCUT2D eigenvalue weighted by atomic mass is 9.46. The van der Waals surface area contributed by atoms with E-state index in [0.717, 1.165) is 31.4 Å². The number of allylic oxidation sites excluding steroid dienone is 1. The molecule has 3 unspecified atom stereocenters. The van der Waals surface area contributed by atoms with Crippen molar-refractivity contribution >= 4 is 5.78 Å². The number of fused-ring (bicyclic) bond motifs is 5. The number of likely N-dealkylation sites (tertiary alicyclic amines) is 1. The first-order valence-corrected chi connectivity index (χ1v) is 12.4. The quantitative estimate of drug-likeness (QED) is 0.428. The van der Waals surface area contributed by atoms with Gasteiger partial charge in [0, 0.05) is 31.0 Å². The molecule has 180 valence electrons. The molecule has 10 atom stereocenters. The summed E-state index contributed by atoms with van der Waals surface area (Å²) in [6.07, 6.45) is 3.16. The third-order valence-corrected chi connectivity index (χ3v) is 10.3. The zero-order valence-electron chi connectivity index (χ0n) is 19.3. The summed E-state index contributed by atoms with van der Waals surface area (Å²) in [5.74, 6) is -0.453. The Morgan fingerprint density at radius 2 is 1.84 bits per heavy atom. The summed E-state index contributed by atoms with van der Waals surface area (Å²) in [7, 11) is 0. The van der Waals surface area contributed by atoms with Crippen LogP contribution < -0.4 is 0 Å². The van der Waals surface area contributed by atoms with Crippen molar-refractivity contribution in [2.45, 2.75) is 88.8 Å². The van der Waals surface area contributed by atoms with E-state index in [0.29, 0.717) is 32.4 Å². The van der Waals surface area contributed by atoms with E-state index in [-0.39, 0.29) is 36.1 Å². The van der Waals surface area contributed by atoms with Gasteiger partial charge in [0.05, 0.1) is 30.0 Å². The topological polar surface area (TPSA) is 121 Å². The van der Waals surface area contributed by atoms with Crippen molar-refractivity contribution in [3.8, 4) is 0 Å². The number of nitrogens with zero attached hydrogens (tertiary/aromatic N) is 1. The van der Waals surface area contributed by atoms with Crippen LogP contribution in [-0.2, 0) is 4.79 Å². The summed E-state index contributed by atoms with van der Waals surface area (Å²) in [5, 5.41) is 53.8. The highest BCUT2D eigenvalue weighted by Crippen LogP contribution is 2.67. The molecule has 3 saturated carbocycles. The highest BCUT2D eigenvalue weighted by molar-refractivity contribution is 5.95. The number of aliphatic hydroxyl groups is 5. The molecule has 5 rings (SSSR count). The molecule has 0 aromatic rings. The smallest absolute Gasteiger partial charge is 0.159 e. The maximum absolute atomic E-state index is 13.2. The second kappa shape index (κ2) is 7.59. The Labute approximate surface area is 190 Å². The molecular formula is C25H39NO6. The van der Waals surface area contributed by atoms with E-state index >= 15 is 0 Å². The van der Waals surface area contributed by atoms with Gasteiger partial charge in [0.1, 0.15) is 0 Å². The van der Waals surface area contributed by atoms with E-state index in [4.69, 9.17) is 0 Å². The maximum Gasteiger partial charge on any atom is 0.159 e. The SMILES string of the molecule is C[C@]12C[C@H](O)[C@H](O)C[C@H]1C(=O)C=C1C2CC[C@]2(C)[C@@H](C(O)CN3CCC(O)C3)CC[C@@]12O. The fraction of sp³-hybridized carbons (Fsp3) is 0.880. The van der Waals surface area contributed by atoms with E-state index in [9.17, 15) is 30.3 Å². The monoisotopic (exact) mass is 449 g/mol. The van der Waals surface area contributed by atoms with Gasteiger partial charge >= 0.3 is 0 Å². The Bertz CT molecular complexity index is 816. The first-order valence-electron chi connectivity index (χ1n) is 12.4. The summed E-state index contributed by atoms with van der Waals surface area (Å²) < 4.78 is 0. The van der Waals surface area contributed by atoms with E-state index < -0.39 is 34.7 Å². The zero-order chi connectivity index (χ0) is 23.1. The largest absolute Gasteiger partial charge is 0.392 e. The van der Waals surface area contributed by atoms with Gasteiger partial charge in [0.15, 0.2) is 5.78 Å². The van der Waals surface area contributed by atoms with Crippen LogP contribution >= 0.6 is 0 Å². The third-order valence-electron chi connectivity index (χ3n) is 10.3. The van der Waals surface area contributed by atoms with Gasteiger partial charge in [-0.15, -0.1) is 0 Å². The van der Waals surface area contributed by atoms with Gasteiger partial charge in [0.25, 0.3) is 0 Å². The Balaban J connectivity index is 1.43. The lowest BCUT2D eigenvalue weighted by Crippen LogP contribution is -2.61. The molecule has 1 saturated heterocycles. The summed E-state index contributed by atoms with van der Waals surface area (Å²) in [6, 6.07) is 0. The molecule has 0 aromatic heterocycles. The predicted molar refractivity (Wildman–Crippen MR) is 118 cm³/mol. The molecule has 5 N–H and O–H groups in total. The van der Waals surface area contributed by atoms with E-state index in [1.807, 2.05) is 6.92 Å². The van der Waals surface area contributed by atoms with Crippen molar-refractivity contribution in [3.63, 3.8) is 0 Å². The molecule has 1 aliphatic heterocycles. The summed E-state index contributed by atoms with van der Waals surface area (Å²) in [6.45, 7) is 5.98. The standard InChI is InChI=1S/C25H39NO6/c1-23-11-21(30)20(29)10-18(23)19(28)9-17-15(23)3-6-24(2)16(4-7-25(17,24)32)22(31)13-26-8-5-14(27)12-26/h9,14-16,18,20-22,27,29-32H,3-8,10-13H2,1-2H3/t14?,15?,16-,18+,20-,21+,22?,23-,24-,25-/m1/s1. The average Bonchev–Trinajstić information content (AvgIpc) is 3.24. The van der Waals surface area contributed by atoms with Crippen molar-refractivity contribution in [2.24, 2.45) is 28.6 Å². The van der Waals surface area contributed by atoms with Crippen molar-refractivity contribution in [3.05, 3.63) is 11.6 Å². The zero-order valence-corrected chi connectivity index (χ0v) is 19.3. The average molecular weight is 450 g/mol. The lowest BCUT2D eigenvalue weighted by Gasteiger charge is -2.60. The minimum absolute atomic E-state index is 0.00459. The number of β-amino-alcohol motifs (C(OH)–C–C–N with tert-alkyl or cyclic N) is 2. The Morgan fingerprint density at radius 3 is 2.53 bits per heavy atom. The van der Waals surface area contributed by atoms with Gasteiger partial charge in [-0.05, 0) is 73.8 Å². The number of rotatable bonds is 3. The summed E-state index contributed by atoms with van der Waals surface area (Å²) in [5.41, 5.74) is -1.34. The van der Waals surface area contributed by atoms with Crippen LogP contribution in [0.2, 0.25) is 0 Å². The van der Waals surface area contributed by atoms with Crippen LogP contribution in [0.15, 0.2) is 11.6 Å². The van der Waals surface area contributed by atoms with E-state index in [1.54, 1.807) is 6.08 Å². The van der Waals surface area contributed by atoms with Crippen LogP contribution in [0.1, 0.15) is 58.8 Å². The highest BCUT2D eigenvalue weighted by Gasteiger charge is 2.67. The minimum Gasteiger partial charge on any atom is -0.392 e. The third kappa shape index (κ3) is 3.12. The highest BCUT2D eigenvalue weighted by atomic mass is 16.3. The minimum atomic E-state index is -1.14. The summed E-state index contributed by atoms with van der Waals surface area (Å²) in [4.78, 5) is 15.3. The molecule has 4 aliphatic carbocycles. The second-order valence-electron chi connectivity index (χ2n) is 11.9. The number of hydrogen-bond donors (Lipinski definition) is 5. The maximum atomic E-state index is 13.2. The van der Waals surface area contributed by atoms with Gasteiger partial charge in [-0.25, -0.2) is 0 Å². The first kappa shape index (κ1) is 22.9. The second-order valence-corrected chi connectivity index (χ2v) is 11.9. The Morgan fingerprint density at radius 1 is 1.09 bits per heavy atom. The molecule has 5 aliphatic rings. The van der Waals surface area contributed by atoms with Crippen LogP contribution in [0, 0.1) is 28.6 Å². The van der Waals surface area contributed by atoms with E-state index in [1.165, 1.54) is 0 Å². The van der Waals surface area contributed by atoms with Gasteiger partial charge in [-0.3, -0.25) is 9.69 Å². The molecular weight excluding hydrogens is 410 g/mol. The van der Waals surface area contributed by atoms with Crippen LogP contribution in [0.25, 0.3) is 0 Å². The van der Waals surface area contributed by atoms with Crippen molar-refractivity contribution < 1.29 is 30.3 Å². The van der Waals surface area contributed by atoms with E-state index in [2.05, 4.69) is 11.8 Å². The number of ketones is 1. The number of carbonyl (C=O) groups is 1. The number of hydrogen-bond acceptors (Lipinski definition) is 7. The molecule has 7 nitrogen and oxygen atoms in total. The molecule has 7 heteroatoms. The molecule has 0 spiro atoms. The number of carbonyl (C=O) groups excluding carboxylic acids is 1. The fourth-order valence-corrected chi connectivity index (χ4v) is 8.40. The molecule has 32 heavy (non-hydrogen) atoms. The normalized spacial score (nSPS) is 52.2. The molecule has 1 heterocycles. The van der Waals surface area contributed by atoms with Gasteiger partial charge in [0.2, 0.25) is 0 Å². The Kier molecular flexibility index (Phi) is 5.44. The van der Waals surface area contributed by atoms with Crippen molar-refractivity contribution in [2.75, 3.05) is 19.6 Å². The molecule has 0 aromatic carbocycles. The van der Waals surface area contributed by atoms with Crippen molar-refractivity contribution in [1.29, 1.82) is 0 Å². The Hall–Kier alpha value is -0.830. The molecule has 0 bridgehead atoms. The van der Waals surface area contributed by atoms with Crippen LogP contribution in [0.5, 0.6) is 0 Å². The van der Waals surface area contributed by atoms with Crippen molar-refractivity contribution in [1.82, 2.24) is 4.90 Å².